The summed E-state index contributed by atoms with van der Waals surface area (Å²) in [6, 6.07) is 5.61. The molecule has 0 spiro atoms. The van der Waals surface area contributed by atoms with E-state index in [1.165, 1.54) is 6.08 Å². The zero-order chi connectivity index (χ0) is 9.97. The summed E-state index contributed by atoms with van der Waals surface area (Å²) >= 11 is 0. The van der Waals surface area contributed by atoms with Crippen LogP contribution in [0.3, 0.4) is 0 Å². The second kappa shape index (κ2) is 3.49. The largest absolute Gasteiger partial charge is 0.470 e. The van der Waals surface area contributed by atoms with Crippen molar-refractivity contribution in [1.82, 2.24) is 4.98 Å². The van der Waals surface area contributed by atoms with Gasteiger partial charge in [0.25, 0.3) is 0 Å². The minimum atomic E-state index is -0.0276. The molecule has 1 N–H and O–H groups in total. The molecule has 0 fully saturated rings. The number of anilines is 1. The lowest BCUT2D eigenvalue weighted by molar-refractivity contribution is -0.115. The Kier molecular flexibility index (Phi) is 2.18. The Morgan fingerprint density at radius 1 is 1.50 bits per heavy atom. The lowest BCUT2D eigenvalue weighted by Crippen LogP contribution is -2.02. The zero-order valence-corrected chi connectivity index (χ0v) is 7.78. The van der Waals surface area contributed by atoms with Gasteiger partial charge in [0, 0.05) is 11.8 Å². The fraction of sp³-hybridized carbons (Fsp3) is 0.200. The van der Waals surface area contributed by atoms with E-state index in [0.717, 1.165) is 5.69 Å². The van der Waals surface area contributed by atoms with E-state index in [0.29, 0.717) is 11.7 Å². The molecule has 14 heavy (non-hydrogen) atoms. The number of carbonyl (C=O) groups excluding carboxylic acids is 1. The molecule has 4 heteroatoms. The van der Waals surface area contributed by atoms with Gasteiger partial charge in [-0.1, -0.05) is 6.07 Å². The number of aryl methyl sites for hydroxylation is 1. The molecule has 2 heterocycles. The highest BCUT2D eigenvalue weighted by atomic mass is 16.5. The predicted molar refractivity (Wildman–Crippen MR) is 51.6 cm³/mol. The van der Waals surface area contributed by atoms with Crippen LogP contribution in [0.4, 0.5) is 5.82 Å². The van der Waals surface area contributed by atoms with E-state index in [1.54, 1.807) is 0 Å². The first kappa shape index (κ1) is 8.74. The van der Waals surface area contributed by atoms with Gasteiger partial charge in [0.2, 0.25) is 0 Å². The molecular formula is C10H10N2O2. The fourth-order valence-electron chi connectivity index (χ4n) is 1.19. The Hall–Kier alpha value is -1.84. The van der Waals surface area contributed by atoms with Gasteiger partial charge in [-0.2, -0.15) is 0 Å². The highest BCUT2D eigenvalue weighted by Crippen LogP contribution is 2.11. The predicted octanol–water partition coefficient (Wildman–Crippen LogP) is 1.24. The zero-order valence-electron chi connectivity index (χ0n) is 7.78. The molecule has 4 nitrogen and oxygen atoms in total. The smallest absolute Gasteiger partial charge is 0.198 e. The van der Waals surface area contributed by atoms with Crippen LogP contribution in [0.1, 0.15) is 5.69 Å². The van der Waals surface area contributed by atoms with Crippen molar-refractivity contribution in [3.8, 4) is 0 Å². The first-order valence-corrected chi connectivity index (χ1v) is 4.32. The highest BCUT2D eigenvalue weighted by Gasteiger charge is 2.12. The van der Waals surface area contributed by atoms with E-state index in [4.69, 9.17) is 4.74 Å². The van der Waals surface area contributed by atoms with Gasteiger partial charge >= 0.3 is 0 Å². The first-order chi connectivity index (χ1) is 6.74. The lowest BCUT2D eigenvalue weighted by atomic mass is 10.4. The third-order valence-electron chi connectivity index (χ3n) is 1.80. The Morgan fingerprint density at radius 2 is 2.36 bits per heavy atom. The minimum absolute atomic E-state index is 0.0276. The summed E-state index contributed by atoms with van der Waals surface area (Å²) in [5, 5.41) is 2.92. The summed E-state index contributed by atoms with van der Waals surface area (Å²) in [4.78, 5) is 15.1. The summed E-state index contributed by atoms with van der Waals surface area (Å²) < 4.78 is 5.07. The maximum atomic E-state index is 10.8. The van der Waals surface area contributed by atoms with Crippen LogP contribution >= 0.6 is 0 Å². The number of hydrogen-bond donors (Lipinski definition) is 1. The van der Waals surface area contributed by atoms with Crippen LogP contribution in [0.2, 0.25) is 0 Å². The van der Waals surface area contributed by atoms with Crippen molar-refractivity contribution in [2.75, 3.05) is 11.9 Å². The summed E-state index contributed by atoms with van der Waals surface area (Å²) in [6.07, 6.45) is 1.43. The quantitative estimate of drug-likeness (QED) is 0.762. The van der Waals surface area contributed by atoms with Crippen LogP contribution in [-0.4, -0.2) is 17.4 Å². The molecule has 1 aliphatic heterocycles. The Bertz CT molecular complexity index is 399. The molecule has 0 saturated carbocycles. The van der Waals surface area contributed by atoms with E-state index in [-0.39, 0.29) is 12.4 Å². The average molecular weight is 190 g/mol. The standard InChI is InChI=1S/C10H10N2O2/c1-7-3-2-4-9(11-7)12-10-5-8(13)6-14-10/h2-5H,6H2,1H3,(H,11,12). The molecule has 0 aliphatic carbocycles. The number of carbonyl (C=O) groups is 1. The molecule has 1 aromatic heterocycles. The van der Waals surface area contributed by atoms with Crippen LogP contribution < -0.4 is 5.32 Å². The number of ketones is 1. The average Bonchev–Trinajstić information content (AvgIpc) is 2.51. The van der Waals surface area contributed by atoms with Gasteiger partial charge in [-0.15, -0.1) is 0 Å². The third-order valence-corrected chi connectivity index (χ3v) is 1.80. The van der Waals surface area contributed by atoms with Crippen LogP contribution in [0, 0.1) is 6.92 Å². The van der Waals surface area contributed by atoms with Gasteiger partial charge < -0.3 is 10.1 Å². The van der Waals surface area contributed by atoms with E-state index >= 15 is 0 Å². The number of pyridine rings is 1. The Labute approximate surface area is 81.6 Å². The monoisotopic (exact) mass is 190 g/mol. The summed E-state index contributed by atoms with van der Waals surface area (Å²) in [5.74, 6) is 1.12. The minimum Gasteiger partial charge on any atom is -0.470 e. The number of hydrogen-bond acceptors (Lipinski definition) is 4. The topological polar surface area (TPSA) is 51.2 Å². The highest BCUT2D eigenvalue weighted by molar-refractivity contribution is 5.93. The number of nitrogens with zero attached hydrogens (tertiary/aromatic N) is 1. The molecule has 2 rings (SSSR count). The van der Waals surface area contributed by atoms with Gasteiger partial charge in [-0.3, -0.25) is 4.79 Å². The van der Waals surface area contributed by atoms with E-state index < -0.39 is 0 Å². The van der Waals surface area contributed by atoms with Crippen molar-refractivity contribution in [2.45, 2.75) is 6.92 Å². The maximum absolute atomic E-state index is 10.8. The first-order valence-electron chi connectivity index (χ1n) is 4.32. The Balaban J connectivity index is 2.11. The van der Waals surface area contributed by atoms with Crippen LogP contribution in [0.5, 0.6) is 0 Å². The molecule has 0 aromatic carbocycles. The van der Waals surface area contributed by atoms with E-state index in [2.05, 4.69) is 10.3 Å². The second-order valence-electron chi connectivity index (χ2n) is 3.05. The lowest BCUT2D eigenvalue weighted by Gasteiger charge is -2.05. The fourth-order valence-corrected chi connectivity index (χ4v) is 1.19. The summed E-state index contributed by atoms with van der Waals surface area (Å²) in [6.45, 7) is 2.02. The number of rotatable bonds is 2. The molecule has 0 bridgehead atoms. The van der Waals surface area contributed by atoms with Gasteiger partial charge in [-0.25, -0.2) is 4.98 Å². The molecule has 0 saturated heterocycles. The summed E-state index contributed by atoms with van der Waals surface area (Å²) in [7, 11) is 0. The van der Waals surface area contributed by atoms with Gasteiger partial charge in [0.05, 0.1) is 0 Å². The van der Waals surface area contributed by atoms with Gasteiger partial charge in [0.15, 0.2) is 18.3 Å². The molecule has 72 valence electrons. The molecule has 0 atom stereocenters. The molecule has 0 unspecified atom stereocenters. The van der Waals surface area contributed by atoms with Crippen LogP contribution in [0.15, 0.2) is 30.2 Å². The molecule has 0 radical (unpaired) electrons. The molecule has 0 amide bonds. The number of ether oxygens (including phenoxy) is 1. The molecular weight excluding hydrogens is 180 g/mol. The third kappa shape index (κ3) is 1.90. The molecule has 1 aliphatic rings. The van der Waals surface area contributed by atoms with Crippen molar-refractivity contribution >= 4 is 11.6 Å². The van der Waals surface area contributed by atoms with Crippen molar-refractivity contribution in [2.24, 2.45) is 0 Å². The normalized spacial score (nSPS) is 14.9. The van der Waals surface area contributed by atoms with E-state index in [1.807, 2.05) is 25.1 Å². The number of aromatic nitrogens is 1. The maximum Gasteiger partial charge on any atom is 0.198 e. The summed E-state index contributed by atoms with van der Waals surface area (Å²) in [5.41, 5.74) is 0.917. The second-order valence-corrected chi connectivity index (χ2v) is 3.05. The van der Waals surface area contributed by atoms with Gasteiger partial charge in [-0.05, 0) is 19.1 Å². The van der Waals surface area contributed by atoms with Crippen LogP contribution in [0.25, 0.3) is 0 Å². The van der Waals surface area contributed by atoms with Crippen molar-refractivity contribution in [3.63, 3.8) is 0 Å². The SMILES string of the molecule is Cc1cccc(NC2=CC(=O)CO2)n1. The van der Waals surface area contributed by atoms with Crippen molar-refractivity contribution < 1.29 is 9.53 Å². The van der Waals surface area contributed by atoms with E-state index in [9.17, 15) is 4.79 Å². The van der Waals surface area contributed by atoms with Crippen molar-refractivity contribution in [1.29, 1.82) is 0 Å². The van der Waals surface area contributed by atoms with Gasteiger partial charge in [0.1, 0.15) is 5.82 Å². The molecule has 1 aromatic rings. The van der Waals surface area contributed by atoms with Crippen molar-refractivity contribution in [3.05, 3.63) is 35.9 Å². The number of nitrogens with one attached hydrogen (secondary N) is 1. The van der Waals surface area contributed by atoms with Crippen LogP contribution in [-0.2, 0) is 9.53 Å². The Morgan fingerprint density at radius 3 is 3.00 bits per heavy atom.